The van der Waals surface area contributed by atoms with Crippen molar-refractivity contribution in [3.8, 4) is 0 Å². The molecule has 2 saturated heterocycles. The number of likely N-dealkylation sites (tertiary alicyclic amines) is 1. The van der Waals surface area contributed by atoms with E-state index in [2.05, 4.69) is 11.9 Å². The van der Waals surface area contributed by atoms with Gasteiger partial charge in [0.2, 0.25) is 0 Å². The summed E-state index contributed by atoms with van der Waals surface area (Å²) in [6.45, 7) is 1.94. The van der Waals surface area contributed by atoms with E-state index >= 15 is 0 Å². The molecule has 2 aliphatic heterocycles. The summed E-state index contributed by atoms with van der Waals surface area (Å²) in [6, 6.07) is 0. The summed E-state index contributed by atoms with van der Waals surface area (Å²) >= 11 is 0. The highest BCUT2D eigenvalue weighted by Crippen LogP contribution is 2.28. The zero-order chi connectivity index (χ0) is 8.77. The van der Waals surface area contributed by atoms with Crippen molar-refractivity contribution < 1.29 is 8.42 Å². The summed E-state index contributed by atoms with van der Waals surface area (Å²) < 4.78 is 22.7. The number of hydrogen-bond acceptors (Lipinski definition) is 3. The van der Waals surface area contributed by atoms with Crippen molar-refractivity contribution in [2.24, 2.45) is 11.8 Å². The standard InChI is InChI=1S/C8H15NO2S/c1-9-3-7-2-8(4-9)6-12(10,11)5-7/h7-8H,2-6H2,1H3. The summed E-state index contributed by atoms with van der Waals surface area (Å²) in [5, 5.41) is 0. The van der Waals surface area contributed by atoms with Gasteiger partial charge in [-0.1, -0.05) is 0 Å². The molecule has 2 bridgehead atoms. The fraction of sp³-hybridized carbons (Fsp3) is 1.00. The van der Waals surface area contributed by atoms with Gasteiger partial charge in [0.25, 0.3) is 0 Å². The van der Waals surface area contributed by atoms with Crippen LogP contribution in [0.25, 0.3) is 0 Å². The van der Waals surface area contributed by atoms with Crippen LogP contribution in [-0.2, 0) is 9.84 Å². The first-order chi connectivity index (χ1) is 5.55. The average molecular weight is 189 g/mol. The lowest BCUT2D eigenvalue weighted by molar-refractivity contribution is 0.166. The first kappa shape index (κ1) is 8.51. The molecular formula is C8H15NO2S. The zero-order valence-corrected chi connectivity index (χ0v) is 8.18. The van der Waals surface area contributed by atoms with E-state index in [1.807, 2.05) is 0 Å². The maximum Gasteiger partial charge on any atom is 0.150 e. The molecule has 0 radical (unpaired) electrons. The van der Waals surface area contributed by atoms with Gasteiger partial charge in [0.1, 0.15) is 0 Å². The Labute approximate surface area is 73.7 Å². The van der Waals surface area contributed by atoms with Crippen LogP contribution in [0.5, 0.6) is 0 Å². The van der Waals surface area contributed by atoms with Gasteiger partial charge in [-0.3, -0.25) is 0 Å². The van der Waals surface area contributed by atoms with Gasteiger partial charge >= 0.3 is 0 Å². The molecule has 4 heteroatoms. The van der Waals surface area contributed by atoms with Gasteiger partial charge in [-0.25, -0.2) is 8.42 Å². The van der Waals surface area contributed by atoms with Crippen molar-refractivity contribution in [2.45, 2.75) is 6.42 Å². The van der Waals surface area contributed by atoms with E-state index in [-0.39, 0.29) is 0 Å². The second-order valence-corrected chi connectivity index (χ2v) is 6.42. The molecule has 0 spiro atoms. The number of nitrogens with zero attached hydrogens (tertiary/aromatic N) is 1. The monoisotopic (exact) mass is 189 g/mol. The van der Waals surface area contributed by atoms with Crippen molar-refractivity contribution in [3.63, 3.8) is 0 Å². The number of rotatable bonds is 0. The maximum absolute atomic E-state index is 11.4. The Morgan fingerprint density at radius 1 is 1.17 bits per heavy atom. The van der Waals surface area contributed by atoms with Crippen LogP contribution in [0.4, 0.5) is 0 Å². The largest absolute Gasteiger partial charge is 0.306 e. The normalized spacial score (nSPS) is 41.1. The molecule has 0 saturated carbocycles. The van der Waals surface area contributed by atoms with E-state index in [9.17, 15) is 8.42 Å². The fourth-order valence-electron chi connectivity index (χ4n) is 2.60. The molecular weight excluding hydrogens is 174 g/mol. The molecule has 2 fully saturated rings. The number of piperidine rings is 1. The second-order valence-electron chi connectivity index (χ2n) is 4.27. The molecule has 0 aromatic rings. The van der Waals surface area contributed by atoms with E-state index in [1.165, 1.54) is 0 Å². The molecule has 0 N–H and O–H groups in total. The lowest BCUT2D eigenvalue weighted by Crippen LogP contribution is -2.47. The van der Waals surface area contributed by atoms with Gasteiger partial charge in [0, 0.05) is 13.1 Å². The van der Waals surface area contributed by atoms with Crippen LogP contribution in [0, 0.1) is 11.8 Å². The maximum atomic E-state index is 11.4. The van der Waals surface area contributed by atoms with Crippen LogP contribution in [0.2, 0.25) is 0 Å². The minimum absolute atomic E-state index is 0.410. The second kappa shape index (κ2) is 2.70. The third-order valence-corrected chi connectivity index (χ3v) is 4.74. The zero-order valence-electron chi connectivity index (χ0n) is 7.36. The minimum atomic E-state index is -2.69. The van der Waals surface area contributed by atoms with Crippen LogP contribution in [0.1, 0.15) is 6.42 Å². The van der Waals surface area contributed by atoms with E-state index in [4.69, 9.17) is 0 Å². The highest BCUT2D eigenvalue weighted by atomic mass is 32.2. The molecule has 0 aromatic heterocycles. The molecule has 0 aromatic carbocycles. The summed E-state index contributed by atoms with van der Waals surface area (Å²) in [5.41, 5.74) is 0. The lowest BCUT2D eigenvalue weighted by Gasteiger charge is -2.39. The molecule has 0 aliphatic carbocycles. The van der Waals surface area contributed by atoms with Crippen molar-refractivity contribution in [1.82, 2.24) is 4.90 Å². The Balaban J connectivity index is 2.16. The van der Waals surface area contributed by atoms with Crippen LogP contribution < -0.4 is 0 Å². The highest BCUT2D eigenvalue weighted by Gasteiger charge is 2.36. The molecule has 12 heavy (non-hydrogen) atoms. The summed E-state index contributed by atoms with van der Waals surface area (Å²) in [4.78, 5) is 2.26. The van der Waals surface area contributed by atoms with Crippen LogP contribution in [0.3, 0.4) is 0 Å². The van der Waals surface area contributed by atoms with Crippen molar-refractivity contribution in [2.75, 3.05) is 31.6 Å². The van der Waals surface area contributed by atoms with Crippen molar-refractivity contribution in [3.05, 3.63) is 0 Å². The topological polar surface area (TPSA) is 37.4 Å². The van der Waals surface area contributed by atoms with Crippen molar-refractivity contribution in [1.29, 1.82) is 0 Å². The minimum Gasteiger partial charge on any atom is -0.306 e. The Morgan fingerprint density at radius 2 is 1.67 bits per heavy atom. The first-order valence-corrected chi connectivity index (χ1v) is 6.26. The average Bonchev–Trinajstić information content (AvgIpc) is 1.78. The number of fused-ring (bicyclic) bond motifs is 2. The van der Waals surface area contributed by atoms with Crippen molar-refractivity contribution >= 4 is 9.84 Å². The molecule has 2 aliphatic rings. The third kappa shape index (κ3) is 1.64. The Kier molecular flexibility index (Phi) is 1.92. The Hall–Kier alpha value is -0.0900. The Bertz CT molecular complexity index is 249. The lowest BCUT2D eigenvalue weighted by atomic mass is 9.91. The summed E-state index contributed by atoms with van der Waals surface area (Å²) in [5.74, 6) is 1.67. The SMILES string of the molecule is CN1CC2CC(C1)CS(=O)(=O)C2. The third-order valence-electron chi connectivity index (χ3n) is 2.79. The van der Waals surface area contributed by atoms with E-state index in [0.717, 1.165) is 19.5 Å². The van der Waals surface area contributed by atoms with E-state index in [0.29, 0.717) is 23.3 Å². The van der Waals surface area contributed by atoms with Gasteiger partial charge in [0.05, 0.1) is 11.5 Å². The van der Waals surface area contributed by atoms with Crippen LogP contribution >= 0.6 is 0 Å². The predicted octanol–water partition coefficient (Wildman–Crippen LogP) is -0.0173. The van der Waals surface area contributed by atoms with Gasteiger partial charge < -0.3 is 4.90 Å². The van der Waals surface area contributed by atoms with E-state index < -0.39 is 9.84 Å². The van der Waals surface area contributed by atoms with Crippen LogP contribution in [-0.4, -0.2) is 45.0 Å². The van der Waals surface area contributed by atoms with Gasteiger partial charge in [-0.15, -0.1) is 0 Å². The molecule has 2 rings (SSSR count). The predicted molar refractivity (Wildman–Crippen MR) is 47.7 cm³/mol. The number of sulfone groups is 1. The molecule has 2 heterocycles. The quantitative estimate of drug-likeness (QED) is 0.537. The van der Waals surface area contributed by atoms with Gasteiger partial charge in [-0.2, -0.15) is 0 Å². The summed E-state index contributed by atoms with van der Waals surface area (Å²) in [7, 11) is -0.612. The summed E-state index contributed by atoms with van der Waals surface area (Å²) in [6.07, 6.45) is 1.13. The molecule has 2 atom stereocenters. The Morgan fingerprint density at radius 3 is 2.17 bits per heavy atom. The molecule has 2 unspecified atom stereocenters. The molecule has 0 amide bonds. The smallest absolute Gasteiger partial charge is 0.150 e. The van der Waals surface area contributed by atoms with Gasteiger partial charge in [-0.05, 0) is 25.3 Å². The highest BCUT2D eigenvalue weighted by molar-refractivity contribution is 7.91. The molecule has 70 valence electrons. The fourth-order valence-corrected chi connectivity index (χ4v) is 4.66. The first-order valence-electron chi connectivity index (χ1n) is 4.44. The van der Waals surface area contributed by atoms with E-state index in [1.54, 1.807) is 0 Å². The number of hydrogen-bond donors (Lipinski definition) is 0. The van der Waals surface area contributed by atoms with Gasteiger partial charge in [0.15, 0.2) is 9.84 Å². The van der Waals surface area contributed by atoms with Crippen LogP contribution in [0.15, 0.2) is 0 Å². The molecule has 3 nitrogen and oxygen atoms in total.